The lowest BCUT2D eigenvalue weighted by Crippen LogP contribution is -2.52. The van der Waals surface area contributed by atoms with Gasteiger partial charge < -0.3 is 20.1 Å². The first-order valence-electron chi connectivity index (χ1n) is 10.1. The molecule has 2 amide bonds. The van der Waals surface area contributed by atoms with Crippen molar-refractivity contribution in [2.24, 2.45) is 10.8 Å². The highest BCUT2D eigenvalue weighted by Gasteiger charge is 2.42. The van der Waals surface area contributed by atoms with E-state index < -0.39 is 0 Å². The van der Waals surface area contributed by atoms with Gasteiger partial charge in [-0.3, -0.25) is 9.59 Å². The summed E-state index contributed by atoms with van der Waals surface area (Å²) in [4.78, 5) is 24.8. The van der Waals surface area contributed by atoms with E-state index in [1.54, 1.807) is 0 Å². The smallest absolute Gasteiger partial charge is 0.249 e. The highest BCUT2D eigenvalue weighted by atomic mass is 16.5. The Morgan fingerprint density at radius 2 is 1.58 bits per heavy atom. The van der Waals surface area contributed by atoms with Crippen LogP contribution in [0.3, 0.4) is 0 Å². The van der Waals surface area contributed by atoms with Crippen LogP contribution in [0, 0.1) is 10.8 Å². The first-order chi connectivity index (χ1) is 12.3. The summed E-state index contributed by atoms with van der Waals surface area (Å²) in [5.74, 6) is 0.0305. The number of hydrogen-bond acceptors (Lipinski definition) is 4. The zero-order valence-electron chi connectivity index (χ0n) is 16.4. The summed E-state index contributed by atoms with van der Waals surface area (Å²) in [6.45, 7) is 8.70. The van der Waals surface area contributed by atoms with Crippen molar-refractivity contribution >= 4 is 11.8 Å². The number of nitrogens with one attached hydrogen (secondary N) is 2. The van der Waals surface area contributed by atoms with Gasteiger partial charge in [0.2, 0.25) is 11.8 Å². The van der Waals surface area contributed by atoms with Gasteiger partial charge in [0.05, 0.1) is 0 Å². The predicted octanol–water partition coefficient (Wildman–Crippen LogP) is 2.16. The quantitative estimate of drug-likeness (QED) is 0.782. The number of carbonyl (C=O) groups excluding carboxylic acids is 2. The molecule has 0 aromatic carbocycles. The maximum Gasteiger partial charge on any atom is 0.249 e. The fraction of sp³-hybridized carbons (Fsp3) is 0.900. The first kappa shape index (κ1) is 19.6. The number of carbonyl (C=O) groups is 2. The number of ether oxygens (including phenoxy) is 2. The third kappa shape index (κ3) is 4.97. The largest absolute Gasteiger partial charge is 0.368 e. The van der Waals surface area contributed by atoms with E-state index in [4.69, 9.17) is 9.47 Å². The Bertz CT molecular complexity index is 524. The Morgan fingerprint density at radius 3 is 2.15 bits per heavy atom. The van der Waals surface area contributed by atoms with Crippen molar-refractivity contribution in [2.45, 2.75) is 84.0 Å². The Morgan fingerprint density at radius 1 is 0.962 bits per heavy atom. The summed E-state index contributed by atoms with van der Waals surface area (Å²) in [6, 6.07) is 0.125. The minimum Gasteiger partial charge on any atom is -0.368 e. The average Bonchev–Trinajstić information content (AvgIpc) is 3.23. The van der Waals surface area contributed by atoms with Crippen LogP contribution in [-0.4, -0.2) is 49.8 Å². The molecule has 0 bridgehead atoms. The van der Waals surface area contributed by atoms with Crippen LogP contribution in [0.2, 0.25) is 0 Å². The Labute approximate surface area is 156 Å². The molecule has 6 nitrogen and oxygen atoms in total. The van der Waals surface area contributed by atoms with Gasteiger partial charge in [0.25, 0.3) is 0 Å². The molecule has 0 unspecified atom stereocenters. The SMILES string of the molecule is CC1(C)C[C@H](NC(=O)[C@@H]2CCCO2)C[C@](C)(CNC(=O)[C@@H]2CCCO2)C1. The van der Waals surface area contributed by atoms with Crippen molar-refractivity contribution in [2.75, 3.05) is 19.8 Å². The van der Waals surface area contributed by atoms with Crippen molar-refractivity contribution in [3.05, 3.63) is 0 Å². The van der Waals surface area contributed by atoms with Gasteiger partial charge in [-0.05, 0) is 55.8 Å². The second-order valence-electron chi connectivity index (χ2n) is 9.49. The molecule has 148 valence electrons. The molecule has 2 heterocycles. The highest BCUT2D eigenvalue weighted by molar-refractivity contribution is 5.81. The Balaban J connectivity index is 1.56. The highest BCUT2D eigenvalue weighted by Crippen LogP contribution is 2.45. The van der Waals surface area contributed by atoms with E-state index in [1.807, 2.05) is 0 Å². The fourth-order valence-electron chi connectivity index (χ4n) is 5.15. The molecule has 6 heteroatoms. The van der Waals surface area contributed by atoms with E-state index in [-0.39, 0.29) is 40.9 Å². The maximum absolute atomic E-state index is 12.5. The van der Waals surface area contributed by atoms with Gasteiger partial charge in [0.1, 0.15) is 12.2 Å². The third-order valence-corrected chi connectivity index (χ3v) is 5.92. The molecule has 2 aliphatic heterocycles. The molecule has 0 spiro atoms. The van der Waals surface area contributed by atoms with E-state index >= 15 is 0 Å². The van der Waals surface area contributed by atoms with Crippen molar-refractivity contribution in [1.82, 2.24) is 10.6 Å². The van der Waals surface area contributed by atoms with Gasteiger partial charge >= 0.3 is 0 Å². The Kier molecular flexibility index (Phi) is 5.92. The number of rotatable bonds is 5. The molecule has 0 aromatic rings. The van der Waals surface area contributed by atoms with Crippen LogP contribution < -0.4 is 10.6 Å². The standard InChI is InChI=1S/C20H34N2O4/c1-19(2)10-14(22-18(24)16-7-5-9-26-16)11-20(3,12-19)13-21-17(23)15-6-4-8-25-15/h14-16H,4-13H2,1-3H3,(H,21,23)(H,22,24)/t14-,15-,16-,20-/m0/s1. The summed E-state index contributed by atoms with van der Waals surface area (Å²) in [7, 11) is 0. The molecule has 1 saturated carbocycles. The van der Waals surface area contributed by atoms with Gasteiger partial charge in [-0.2, -0.15) is 0 Å². The minimum atomic E-state index is -0.287. The lowest BCUT2D eigenvalue weighted by molar-refractivity contribution is -0.133. The molecule has 3 rings (SSSR count). The van der Waals surface area contributed by atoms with Gasteiger partial charge in [0.15, 0.2) is 0 Å². The number of hydrogen-bond donors (Lipinski definition) is 2. The van der Waals surface area contributed by atoms with E-state index in [0.717, 1.165) is 44.9 Å². The lowest BCUT2D eigenvalue weighted by Gasteiger charge is -2.47. The molecule has 0 radical (unpaired) electrons. The molecule has 1 aliphatic carbocycles. The van der Waals surface area contributed by atoms with E-state index in [9.17, 15) is 9.59 Å². The van der Waals surface area contributed by atoms with Gasteiger partial charge in [0, 0.05) is 25.8 Å². The van der Waals surface area contributed by atoms with Crippen molar-refractivity contribution in [1.29, 1.82) is 0 Å². The average molecular weight is 367 g/mol. The second kappa shape index (κ2) is 7.85. The summed E-state index contributed by atoms with van der Waals surface area (Å²) in [5, 5.41) is 6.31. The molecule has 26 heavy (non-hydrogen) atoms. The third-order valence-electron chi connectivity index (χ3n) is 5.92. The summed E-state index contributed by atoms with van der Waals surface area (Å²) >= 11 is 0. The van der Waals surface area contributed by atoms with Crippen LogP contribution in [0.1, 0.15) is 65.7 Å². The lowest BCUT2D eigenvalue weighted by atomic mass is 9.62. The van der Waals surface area contributed by atoms with Gasteiger partial charge in [-0.1, -0.05) is 20.8 Å². The van der Waals surface area contributed by atoms with Crippen LogP contribution in [0.25, 0.3) is 0 Å². The van der Waals surface area contributed by atoms with Crippen LogP contribution in [-0.2, 0) is 19.1 Å². The molecule has 3 fully saturated rings. The topological polar surface area (TPSA) is 76.7 Å². The zero-order chi connectivity index (χ0) is 18.8. The molecule has 2 N–H and O–H groups in total. The monoisotopic (exact) mass is 366 g/mol. The molecule has 2 saturated heterocycles. The van der Waals surface area contributed by atoms with Crippen LogP contribution in [0.5, 0.6) is 0 Å². The molecular weight excluding hydrogens is 332 g/mol. The van der Waals surface area contributed by atoms with Crippen molar-refractivity contribution in [3.63, 3.8) is 0 Å². The predicted molar refractivity (Wildman–Crippen MR) is 98.6 cm³/mol. The van der Waals surface area contributed by atoms with Crippen molar-refractivity contribution in [3.8, 4) is 0 Å². The molecular formula is C20H34N2O4. The van der Waals surface area contributed by atoms with Crippen LogP contribution >= 0.6 is 0 Å². The first-order valence-corrected chi connectivity index (χ1v) is 10.1. The molecule has 4 atom stereocenters. The normalized spacial score (nSPS) is 36.7. The van der Waals surface area contributed by atoms with Gasteiger partial charge in [-0.15, -0.1) is 0 Å². The molecule has 3 aliphatic rings. The molecule has 0 aromatic heterocycles. The van der Waals surface area contributed by atoms with Crippen LogP contribution in [0.4, 0.5) is 0 Å². The maximum atomic E-state index is 12.5. The number of amides is 2. The summed E-state index contributed by atoms with van der Waals surface area (Å²) < 4.78 is 11.0. The minimum absolute atomic E-state index is 0.00652. The Hall–Kier alpha value is -1.14. The van der Waals surface area contributed by atoms with Gasteiger partial charge in [-0.25, -0.2) is 0 Å². The summed E-state index contributed by atoms with van der Waals surface area (Å²) in [5.41, 5.74) is 0.0839. The second-order valence-corrected chi connectivity index (χ2v) is 9.49. The van der Waals surface area contributed by atoms with Crippen LogP contribution in [0.15, 0.2) is 0 Å². The zero-order valence-corrected chi connectivity index (χ0v) is 16.4. The fourth-order valence-corrected chi connectivity index (χ4v) is 5.15. The van der Waals surface area contributed by atoms with E-state index in [1.165, 1.54) is 0 Å². The van der Waals surface area contributed by atoms with E-state index in [0.29, 0.717) is 19.8 Å². The van der Waals surface area contributed by atoms with E-state index in [2.05, 4.69) is 31.4 Å². The van der Waals surface area contributed by atoms with Crippen molar-refractivity contribution < 1.29 is 19.1 Å². The summed E-state index contributed by atoms with van der Waals surface area (Å²) in [6.07, 6.45) is 5.83.